The van der Waals surface area contributed by atoms with Gasteiger partial charge < -0.3 is 10.1 Å². The van der Waals surface area contributed by atoms with E-state index >= 15 is 0 Å². The maximum atomic E-state index is 12.7. The molecular weight excluding hydrogens is 221 g/mol. The summed E-state index contributed by atoms with van der Waals surface area (Å²) in [6.07, 6.45) is -0.611. The number of nitrogens with one attached hydrogen (secondary N) is 1. The first-order valence-electron chi connectivity index (χ1n) is 5.52. The molecule has 0 aliphatic heterocycles. The molecule has 3 nitrogen and oxygen atoms in total. The van der Waals surface area contributed by atoms with Crippen molar-refractivity contribution in [2.45, 2.75) is 39.3 Å². The zero-order valence-corrected chi connectivity index (χ0v) is 10.6. The molecule has 1 rings (SSSR count). The molecule has 94 valence electrons. The molecule has 0 unspecified atom stereocenters. The smallest absolute Gasteiger partial charge is 0.261 e. The number of carbonyl (C=O) groups excluding carboxylic acids is 1. The van der Waals surface area contributed by atoms with Gasteiger partial charge in [0, 0.05) is 5.54 Å². The fourth-order valence-corrected chi connectivity index (χ4v) is 1.24. The third-order valence-electron chi connectivity index (χ3n) is 1.99. The molecule has 0 aliphatic carbocycles. The number of amides is 1. The van der Waals surface area contributed by atoms with Crippen LogP contribution in [0.4, 0.5) is 4.39 Å². The second-order valence-electron chi connectivity index (χ2n) is 4.95. The van der Waals surface area contributed by atoms with E-state index < -0.39 is 6.10 Å². The lowest BCUT2D eigenvalue weighted by atomic mass is 10.1. The summed E-state index contributed by atoms with van der Waals surface area (Å²) in [7, 11) is 0. The topological polar surface area (TPSA) is 38.3 Å². The molecule has 0 aromatic heterocycles. The van der Waals surface area contributed by atoms with Crippen LogP contribution in [0.15, 0.2) is 24.3 Å². The molecule has 0 radical (unpaired) electrons. The summed E-state index contributed by atoms with van der Waals surface area (Å²) >= 11 is 0. The van der Waals surface area contributed by atoms with Gasteiger partial charge in [-0.2, -0.15) is 0 Å². The summed E-state index contributed by atoms with van der Waals surface area (Å²) in [4.78, 5) is 11.7. The molecule has 1 atom stereocenters. The summed E-state index contributed by atoms with van der Waals surface area (Å²) in [5.74, 6) is -0.0473. The number of hydrogen-bond donors (Lipinski definition) is 1. The van der Waals surface area contributed by atoms with Crippen molar-refractivity contribution in [3.05, 3.63) is 30.1 Å². The number of ether oxygens (including phenoxy) is 1. The normalized spacial score (nSPS) is 13.0. The molecule has 0 bridgehead atoms. The van der Waals surface area contributed by atoms with E-state index in [2.05, 4.69) is 5.32 Å². The van der Waals surface area contributed by atoms with Gasteiger partial charge in [0.25, 0.3) is 5.91 Å². The lowest BCUT2D eigenvalue weighted by Crippen LogP contribution is -2.46. The average molecular weight is 239 g/mol. The molecule has 0 saturated carbocycles. The summed E-state index contributed by atoms with van der Waals surface area (Å²) in [5.41, 5.74) is -0.294. The van der Waals surface area contributed by atoms with Gasteiger partial charge in [-0.05, 0) is 52.0 Å². The van der Waals surface area contributed by atoms with E-state index in [9.17, 15) is 9.18 Å². The second-order valence-corrected chi connectivity index (χ2v) is 4.95. The first-order valence-corrected chi connectivity index (χ1v) is 5.52. The molecule has 1 amide bonds. The number of rotatable bonds is 3. The fourth-order valence-electron chi connectivity index (χ4n) is 1.24. The molecule has 1 N–H and O–H groups in total. The summed E-state index contributed by atoms with van der Waals surface area (Å²) in [5, 5.41) is 2.81. The fraction of sp³-hybridized carbons (Fsp3) is 0.462. The highest BCUT2D eigenvalue weighted by Gasteiger charge is 2.20. The molecule has 0 spiro atoms. The minimum absolute atomic E-state index is 0.193. The summed E-state index contributed by atoms with van der Waals surface area (Å²) in [6.45, 7) is 7.35. The molecule has 0 heterocycles. The lowest BCUT2D eigenvalue weighted by Gasteiger charge is -2.23. The Hall–Kier alpha value is -1.58. The van der Waals surface area contributed by atoms with Crippen molar-refractivity contribution in [1.29, 1.82) is 0 Å². The number of halogens is 1. The highest BCUT2D eigenvalue weighted by atomic mass is 19.1. The van der Waals surface area contributed by atoms with Crippen molar-refractivity contribution in [2.75, 3.05) is 0 Å². The van der Waals surface area contributed by atoms with Crippen LogP contribution in [0.25, 0.3) is 0 Å². The Labute approximate surface area is 101 Å². The third-order valence-corrected chi connectivity index (χ3v) is 1.99. The number of benzene rings is 1. The maximum Gasteiger partial charge on any atom is 0.261 e. The van der Waals surface area contributed by atoms with Gasteiger partial charge in [0.1, 0.15) is 11.6 Å². The predicted molar refractivity (Wildman–Crippen MR) is 64.4 cm³/mol. The Bertz CT molecular complexity index is 381. The monoisotopic (exact) mass is 239 g/mol. The molecule has 1 aromatic carbocycles. The lowest BCUT2D eigenvalue weighted by molar-refractivity contribution is -0.128. The van der Waals surface area contributed by atoms with Gasteiger partial charge in [-0.25, -0.2) is 4.39 Å². The van der Waals surface area contributed by atoms with E-state index in [1.807, 2.05) is 20.8 Å². The minimum atomic E-state index is -0.611. The third kappa shape index (κ3) is 4.85. The zero-order valence-electron chi connectivity index (χ0n) is 10.6. The van der Waals surface area contributed by atoms with Crippen molar-refractivity contribution in [2.24, 2.45) is 0 Å². The van der Waals surface area contributed by atoms with E-state index in [0.717, 1.165) is 0 Å². The van der Waals surface area contributed by atoms with Gasteiger partial charge in [0.15, 0.2) is 6.10 Å². The molecule has 4 heteroatoms. The van der Waals surface area contributed by atoms with Crippen LogP contribution in [0.1, 0.15) is 27.7 Å². The Balaban J connectivity index is 2.57. The molecule has 0 fully saturated rings. The van der Waals surface area contributed by atoms with Crippen LogP contribution in [0.5, 0.6) is 5.75 Å². The Morgan fingerprint density at radius 1 is 1.29 bits per heavy atom. The molecular formula is C13H18FNO2. The minimum Gasteiger partial charge on any atom is -0.481 e. The molecule has 0 saturated heterocycles. The zero-order chi connectivity index (χ0) is 13.1. The standard InChI is InChI=1S/C13H18FNO2/c1-9(12(16)15-13(2,3)4)17-11-7-5-10(14)6-8-11/h5-9H,1-4H3,(H,15,16)/t9-/m1/s1. The number of hydrogen-bond acceptors (Lipinski definition) is 2. The Kier molecular flexibility index (Phi) is 4.10. The van der Waals surface area contributed by atoms with Crippen LogP contribution < -0.4 is 10.1 Å². The Morgan fingerprint density at radius 3 is 2.29 bits per heavy atom. The highest BCUT2D eigenvalue weighted by molar-refractivity contribution is 5.81. The van der Waals surface area contributed by atoms with Gasteiger partial charge in [0.05, 0.1) is 0 Å². The van der Waals surface area contributed by atoms with Crippen molar-refractivity contribution >= 4 is 5.91 Å². The highest BCUT2D eigenvalue weighted by Crippen LogP contribution is 2.13. The largest absolute Gasteiger partial charge is 0.481 e. The van der Waals surface area contributed by atoms with Gasteiger partial charge in [-0.15, -0.1) is 0 Å². The van der Waals surface area contributed by atoms with E-state index in [0.29, 0.717) is 5.75 Å². The van der Waals surface area contributed by atoms with Crippen molar-refractivity contribution in [3.63, 3.8) is 0 Å². The van der Waals surface area contributed by atoms with Crippen LogP contribution in [0, 0.1) is 5.82 Å². The average Bonchev–Trinajstić information content (AvgIpc) is 2.19. The summed E-state index contributed by atoms with van der Waals surface area (Å²) in [6, 6.07) is 5.58. The van der Waals surface area contributed by atoms with Gasteiger partial charge in [-0.1, -0.05) is 0 Å². The van der Waals surface area contributed by atoms with Gasteiger partial charge in [0.2, 0.25) is 0 Å². The quantitative estimate of drug-likeness (QED) is 0.880. The van der Waals surface area contributed by atoms with E-state index in [1.54, 1.807) is 6.92 Å². The summed E-state index contributed by atoms with van der Waals surface area (Å²) < 4.78 is 18.1. The van der Waals surface area contributed by atoms with Crippen LogP contribution >= 0.6 is 0 Å². The van der Waals surface area contributed by atoms with Crippen LogP contribution in [-0.4, -0.2) is 17.6 Å². The van der Waals surface area contributed by atoms with Crippen LogP contribution in [0.3, 0.4) is 0 Å². The van der Waals surface area contributed by atoms with Crippen LogP contribution in [-0.2, 0) is 4.79 Å². The van der Waals surface area contributed by atoms with Gasteiger partial charge >= 0.3 is 0 Å². The predicted octanol–water partition coefficient (Wildman–Crippen LogP) is 2.51. The van der Waals surface area contributed by atoms with E-state index in [-0.39, 0.29) is 17.3 Å². The molecule has 1 aromatic rings. The molecule has 0 aliphatic rings. The Morgan fingerprint density at radius 2 is 1.82 bits per heavy atom. The van der Waals surface area contributed by atoms with E-state index in [4.69, 9.17) is 4.74 Å². The first-order chi connectivity index (χ1) is 7.78. The second kappa shape index (κ2) is 5.17. The van der Waals surface area contributed by atoms with Gasteiger partial charge in [-0.3, -0.25) is 4.79 Å². The maximum absolute atomic E-state index is 12.7. The number of carbonyl (C=O) groups is 1. The van der Waals surface area contributed by atoms with Crippen molar-refractivity contribution in [1.82, 2.24) is 5.32 Å². The van der Waals surface area contributed by atoms with E-state index in [1.165, 1.54) is 24.3 Å². The first kappa shape index (κ1) is 13.5. The molecule has 17 heavy (non-hydrogen) atoms. The van der Waals surface area contributed by atoms with Crippen molar-refractivity contribution in [3.8, 4) is 5.75 Å². The van der Waals surface area contributed by atoms with Crippen molar-refractivity contribution < 1.29 is 13.9 Å². The van der Waals surface area contributed by atoms with Crippen LogP contribution in [0.2, 0.25) is 0 Å². The SMILES string of the molecule is C[C@@H](Oc1ccc(F)cc1)C(=O)NC(C)(C)C.